The highest BCUT2D eigenvalue weighted by Gasteiger charge is 2.44. The molecule has 2 saturated heterocycles. The molecule has 5 N–H and O–H groups in total. The Balaban J connectivity index is 0.765. The standard InChI is InChI=1S/C50H58FN11O6S/c1-30-45(69-29-55-30)33-13-11-31(12-14-33)25-54-48(66)38-24-35(63)27-62(38)49(67)46(50(2,3)4)56-40(64)10-7-19-52-41(65)28-60-20-22-61(23-21-60)34-17-15-32(16-18-34)43-44-37(58-59-43)26-53-47(57-44)42-36(51)8-6-9-39(42)68-5/h6,8-9,11-18,26,29,35,38,46,63H,7,10,19-25,27-28H2,1-5H3,(H,52,65)(H,54,66)(H,56,64)(H,58,59)/t35-,38+,46-/m1/s1. The Labute approximate surface area is 403 Å². The lowest BCUT2D eigenvalue weighted by molar-refractivity contribution is -0.144. The third-order valence-electron chi connectivity index (χ3n) is 12.6. The average molecular weight is 960 g/mol. The van der Waals surface area contributed by atoms with Crippen molar-refractivity contribution in [2.75, 3.05) is 57.8 Å². The molecule has 8 rings (SSSR count). The van der Waals surface area contributed by atoms with E-state index >= 15 is 0 Å². The first-order valence-corrected chi connectivity index (χ1v) is 24.0. The summed E-state index contributed by atoms with van der Waals surface area (Å²) in [5, 5.41) is 26.8. The Morgan fingerprint density at radius 3 is 2.39 bits per heavy atom. The molecule has 0 unspecified atom stereocenters. The van der Waals surface area contributed by atoms with E-state index < -0.39 is 35.3 Å². The summed E-state index contributed by atoms with van der Waals surface area (Å²) in [6.07, 6.45) is 1.25. The maximum Gasteiger partial charge on any atom is 0.246 e. The molecule has 0 aliphatic carbocycles. The summed E-state index contributed by atoms with van der Waals surface area (Å²) >= 11 is 1.57. The summed E-state index contributed by atoms with van der Waals surface area (Å²) in [5.74, 6) is -1.24. The largest absolute Gasteiger partial charge is 0.496 e. The fourth-order valence-electron chi connectivity index (χ4n) is 8.77. The molecule has 2 aliphatic heterocycles. The lowest BCUT2D eigenvalue weighted by Gasteiger charge is -2.35. The van der Waals surface area contributed by atoms with Crippen LogP contribution in [0.4, 0.5) is 10.1 Å². The molecular formula is C50H58FN11O6S. The monoisotopic (exact) mass is 959 g/mol. The van der Waals surface area contributed by atoms with Crippen molar-refractivity contribution in [3.8, 4) is 38.8 Å². The Hall–Kier alpha value is -6.83. The van der Waals surface area contributed by atoms with Gasteiger partial charge in [0.05, 0.1) is 47.6 Å². The zero-order chi connectivity index (χ0) is 48.8. The van der Waals surface area contributed by atoms with Crippen LogP contribution in [0.15, 0.2) is 78.4 Å². The molecule has 0 bridgehead atoms. The van der Waals surface area contributed by atoms with Gasteiger partial charge in [0.1, 0.15) is 40.4 Å². The molecule has 6 aromatic rings. The first-order chi connectivity index (χ1) is 33.2. The smallest absolute Gasteiger partial charge is 0.246 e. The van der Waals surface area contributed by atoms with Crippen molar-refractivity contribution in [3.63, 3.8) is 0 Å². The summed E-state index contributed by atoms with van der Waals surface area (Å²) in [6, 6.07) is 18.6. The number of fused-ring (bicyclic) bond motifs is 1. The molecule has 2 fully saturated rings. The van der Waals surface area contributed by atoms with Gasteiger partial charge in [0.15, 0.2) is 5.82 Å². The van der Waals surface area contributed by atoms with Crippen molar-refractivity contribution in [1.82, 2.24) is 50.9 Å². The van der Waals surface area contributed by atoms with E-state index in [1.165, 1.54) is 18.1 Å². The Bertz CT molecular complexity index is 2790. The number of β-amino-alcohol motifs (C(OH)–C–C–N with tert-alkyl or cyclic N) is 1. The number of methoxy groups -OCH3 is 1. The normalized spacial score (nSPS) is 16.9. The summed E-state index contributed by atoms with van der Waals surface area (Å²) in [5.41, 5.74) is 7.85. The predicted molar refractivity (Wildman–Crippen MR) is 262 cm³/mol. The molecule has 4 amide bonds. The molecule has 5 heterocycles. The van der Waals surface area contributed by atoms with Gasteiger partial charge in [-0.15, -0.1) is 11.3 Å². The highest BCUT2D eigenvalue weighted by molar-refractivity contribution is 7.13. The quantitative estimate of drug-likeness (QED) is 0.0804. The van der Waals surface area contributed by atoms with Crippen molar-refractivity contribution in [3.05, 3.63) is 95.5 Å². The van der Waals surface area contributed by atoms with Gasteiger partial charge in [0, 0.05) is 69.9 Å². The summed E-state index contributed by atoms with van der Waals surface area (Å²) in [7, 11) is 1.47. The predicted octanol–water partition coefficient (Wildman–Crippen LogP) is 5.09. The van der Waals surface area contributed by atoms with Crippen LogP contribution in [0.5, 0.6) is 5.75 Å². The summed E-state index contributed by atoms with van der Waals surface area (Å²) in [4.78, 5) is 73.9. The van der Waals surface area contributed by atoms with E-state index in [4.69, 9.17) is 4.74 Å². The minimum Gasteiger partial charge on any atom is -0.496 e. The number of halogens is 1. The molecular weight excluding hydrogens is 902 g/mol. The number of nitrogens with zero attached hydrogens (tertiary/aromatic N) is 7. The first-order valence-electron chi connectivity index (χ1n) is 23.1. The molecule has 2 aliphatic rings. The molecule has 0 radical (unpaired) electrons. The SMILES string of the molecule is COc1cccc(F)c1-c1ncc2[nH]nc(-c3ccc(N4CCN(CC(=O)NCCCC(=O)N[C@H](C(=O)N5C[C@H](O)C[C@H]5C(=O)NCc5ccc(-c6scnc6C)cc5)C(C)(C)C)CC4)cc3)c2n1. The van der Waals surface area contributed by atoms with E-state index in [1.807, 2.05) is 81.7 Å². The topological polar surface area (TPSA) is 211 Å². The molecule has 17 nitrogen and oxygen atoms in total. The van der Waals surface area contributed by atoms with Crippen LogP contribution < -0.4 is 25.6 Å². The zero-order valence-corrected chi connectivity index (χ0v) is 40.2. The van der Waals surface area contributed by atoms with Gasteiger partial charge in [-0.25, -0.2) is 19.3 Å². The van der Waals surface area contributed by atoms with E-state index in [-0.39, 0.29) is 68.1 Å². The van der Waals surface area contributed by atoms with Crippen molar-refractivity contribution in [2.45, 2.75) is 71.7 Å². The molecule has 69 heavy (non-hydrogen) atoms. The number of hydrogen-bond acceptors (Lipinski definition) is 13. The number of likely N-dealkylation sites (tertiary alicyclic amines) is 1. The Morgan fingerprint density at radius 1 is 0.957 bits per heavy atom. The average Bonchev–Trinajstić information content (AvgIpc) is 4.09. The van der Waals surface area contributed by atoms with Crippen molar-refractivity contribution in [2.24, 2.45) is 5.41 Å². The number of piperazine rings is 1. The number of aromatic amines is 1. The van der Waals surface area contributed by atoms with Crippen LogP contribution in [-0.2, 0) is 25.7 Å². The number of carbonyl (C=O) groups is 4. The summed E-state index contributed by atoms with van der Waals surface area (Å²) < 4.78 is 20.2. The second kappa shape index (κ2) is 21.2. The molecule has 19 heteroatoms. The number of aromatic nitrogens is 5. The van der Waals surface area contributed by atoms with Crippen LogP contribution in [0.1, 0.15) is 51.3 Å². The van der Waals surface area contributed by atoms with Gasteiger partial charge in [0.2, 0.25) is 23.6 Å². The number of carbonyl (C=O) groups excluding carboxylic acids is 4. The third-order valence-corrected chi connectivity index (χ3v) is 13.6. The highest BCUT2D eigenvalue weighted by atomic mass is 32.1. The van der Waals surface area contributed by atoms with Crippen LogP contribution in [0.3, 0.4) is 0 Å². The number of aryl methyl sites for hydroxylation is 1. The lowest BCUT2D eigenvalue weighted by Crippen LogP contribution is -2.57. The van der Waals surface area contributed by atoms with Crippen LogP contribution in [-0.4, -0.2) is 135 Å². The molecule has 0 saturated carbocycles. The second-order valence-corrected chi connectivity index (χ2v) is 19.4. The van der Waals surface area contributed by atoms with Gasteiger partial charge in [-0.3, -0.25) is 29.2 Å². The lowest BCUT2D eigenvalue weighted by atomic mass is 9.85. The van der Waals surface area contributed by atoms with Gasteiger partial charge in [0.25, 0.3) is 0 Å². The van der Waals surface area contributed by atoms with Gasteiger partial charge in [-0.1, -0.05) is 63.2 Å². The zero-order valence-electron chi connectivity index (χ0n) is 39.4. The number of amides is 4. The van der Waals surface area contributed by atoms with Crippen molar-refractivity contribution < 1.29 is 33.4 Å². The van der Waals surface area contributed by atoms with Gasteiger partial charge in [-0.05, 0) is 54.2 Å². The van der Waals surface area contributed by atoms with E-state index in [9.17, 15) is 28.7 Å². The number of anilines is 1. The third kappa shape index (κ3) is 11.4. The van der Waals surface area contributed by atoms with E-state index in [0.29, 0.717) is 42.0 Å². The van der Waals surface area contributed by atoms with Gasteiger partial charge < -0.3 is 35.6 Å². The molecule has 3 aromatic carbocycles. The minimum atomic E-state index is -0.946. The van der Waals surface area contributed by atoms with Crippen LogP contribution in [0.2, 0.25) is 0 Å². The maximum absolute atomic E-state index is 14.8. The Morgan fingerprint density at radius 2 is 1.70 bits per heavy atom. The van der Waals surface area contributed by atoms with E-state index in [0.717, 1.165) is 46.0 Å². The molecule has 3 atom stereocenters. The van der Waals surface area contributed by atoms with E-state index in [2.05, 4.69) is 50.9 Å². The minimum absolute atomic E-state index is 0.0171. The number of H-pyrrole nitrogens is 1. The fourth-order valence-corrected chi connectivity index (χ4v) is 9.58. The first kappa shape index (κ1) is 48.6. The van der Waals surface area contributed by atoms with E-state index in [1.54, 1.807) is 29.7 Å². The van der Waals surface area contributed by atoms with Gasteiger partial charge >= 0.3 is 0 Å². The number of hydrogen-bond donors (Lipinski definition) is 5. The number of rotatable bonds is 16. The summed E-state index contributed by atoms with van der Waals surface area (Å²) in [6.45, 7) is 11.0. The molecule has 3 aromatic heterocycles. The van der Waals surface area contributed by atoms with Crippen LogP contribution >= 0.6 is 11.3 Å². The van der Waals surface area contributed by atoms with Crippen LogP contribution in [0, 0.1) is 18.2 Å². The molecule has 0 spiro atoms. The highest BCUT2D eigenvalue weighted by Crippen LogP contribution is 2.34. The fraction of sp³-hybridized carbons (Fsp3) is 0.400. The number of aliphatic hydroxyl groups is 1. The van der Waals surface area contributed by atoms with Crippen molar-refractivity contribution in [1.29, 1.82) is 0 Å². The number of thiazole rings is 1. The number of aliphatic hydroxyl groups excluding tert-OH is 1. The molecule has 362 valence electrons. The van der Waals surface area contributed by atoms with Gasteiger partial charge in [-0.2, -0.15) is 5.10 Å². The number of nitrogens with one attached hydrogen (secondary N) is 4. The second-order valence-electron chi connectivity index (χ2n) is 18.6. The maximum atomic E-state index is 14.8. The van der Waals surface area contributed by atoms with Crippen LogP contribution in [0.25, 0.3) is 44.1 Å². The Kier molecular flexibility index (Phi) is 14.9. The number of benzene rings is 3. The van der Waals surface area contributed by atoms with Crippen molar-refractivity contribution >= 4 is 51.7 Å². The number of ether oxygens (including phenoxy) is 1.